The molecule has 23 heavy (non-hydrogen) atoms. The third-order valence-corrected chi connectivity index (χ3v) is 3.38. The van der Waals surface area contributed by atoms with E-state index in [4.69, 9.17) is 11.6 Å². The molecule has 2 aromatic carbocycles. The standard InChI is InChI=1S/C18H19ClN2O2/c1-12(2)11-20-17(22)13-5-3-6-14(9-13)18(23)21-16-8-4-7-15(19)10-16/h3-10,12H,11H2,1-2H3,(H,20,22)(H,21,23). The Morgan fingerprint density at radius 1 is 1.00 bits per heavy atom. The molecule has 0 aliphatic rings. The third-order valence-electron chi connectivity index (χ3n) is 3.14. The summed E-state index contributed by atoms with van der Waals surface area (Å²) in [7, 11) is 0. The van der Waals surface area contributed by atoms with Gasteiger partial charge < -0.3 is 10.6 Å². The van der Waals surface area contributed by atoms with Crippen molar-refractivity contribution in [2.45, 2.75) is 13.8 Å². The van der Waals surface area contributed by atoms with Gasteiger partial charge in [-0.3, -0.25) is 9.59 Å². The lowest BCUT2D eigenvalue weighted by atomic mass is 10.1. The van der Waals surface area contributed by atoms with Crippen LogP contribution in [0.3, 0.4) is 0 Å². The topological polar surface area (TPSA) is 58.2 Å². The van der Waals surface area contributed by atoms with Crippen LogP contribution < -0.4 is 10.6 Å². The molecule has 0 aliphatic carbocycles. The van der Waals surface area contributed by atoms with Crippen LogP contribution in [-0.2, 0) is 0 Å². The predicted octanol–water partition coefficient (Wildman–Crippen LogP) is 3.98. The van der Waals surface area contributed by atoms with E-state index in [-0.39, 0.29) is 11.8 Å². The van der Waals surface area contributed by atoms with Gasteiger partial charge in [0.2, 0.25) is 0 Å². The Morgan fingerprint density at radius 2 is 1.65 bits per heavy atom. The number of nitrogens with one attached hydrogen (secondary N) is 2. The molecule has 0 bridgehead atoms. The molecule has 4 nitrogen and oxygen atoms in total. The van der Waals surface area contributed by atoms with Crippen LogP contribution in [0.4, 0.5) is 5.69 Å². The highest BCUT2D eigenvalue weighted by atomic mass is 35.5. The number of carbonyl (C=O) groups is 2. The first-order chi connectivity index (χ1) is 11.0. The Labute approximate surface area is 140 Å². The highest BCUT2D eigenvalue weighted by Crippen LogP contribution is 2.16. The molecule has 0 fully saturated rings. The van der Waals surface area contributed by atoms with Crippen molar-refractivity contribution in [1.29, 1.82) is 0 Å². The van der Waals surface area contributed by atoms with Crippen molar-refractivity contribution < 1.29 is 9.59 Å². The number of anilines is 1. The fourth-order valence-corrected chi connectivity index (χ4v) is 2.16. The molecule has 120 valence electrons. The van der Waals surface area contributed by atoms with Gasteiger partial charge in [-0.1, -0.05) is 37.6 Å². The first-order valence-electron chi connectivity index (χ1n) is 7.41. The summed E-state index contributed by atoms with van der Waals surface area (Å²) in [6, 6.07) is 13.5. The quantitative estimate of drug-likeness (QED) is 0.871. The van der Waals surface area contributed by atoms with Gasteiger partial charge in [-0.05, 0) is 42.3 Å². The molecule has 0 saturated carbocycles. The van der Waals surface area contributed by atoms with Crippen LogP contribution >= 0.6 is 11.6 Å². The monoisotopic (exact) mass is 330 g/mol. The summed E-state index contributed by atoms with van der Waals surface area (Å²) in [5.41, 5.74) is 1.49. The van der Waals surface area contributed by atoms with E-state index in [1.165, 1.54) is 0 Å². The average molecular weight is 331 g/mol. The maximum absolute atomic E-state index is 12.3. The average Bonchev–Trinajstić information content (AvgIpc) is 2.52. The molecule has 0 unspecified atom stereocenters. The van der Waals surface area contributed by atoms with Crippen molar-refractivity contribution in [3.05, 3.63) is 64.7 Å². The summed E-state index contributed by atoms with van der Waals surface area (Å²) >= 11 is 5.90. The highest BCUT2D eigenvalue weighted by Gasteiger charge is 2.11. The Bertz CT molecular complexity index is 714. The van der Waals surface area contributed by atoms with E-state index in [1.54, 1.807) is 48.5 Å². The van der Waals surface area contributed by atoms with Gasteiger partial charge in [0.25, 0.3) is 11.8 Å². The number of halogens is 1. The predicted molar refractivity (Wildman–Crippen MR) is 93.0 cm³/mol. The second-order valence-corrected chi connectivity index (χ2v) is 6.09. The Hall–Kier alpha value is -2.33. The minimum Gasteiger partial charge on any atom is -0.352 e. The van der Waals surface area contributed by atoms with Crippen LogP contribution in [0.15, 0.2) is 48.5 Å². The Balaban J connectivity index is 2.09. The fourth-order valence-electron chi connectivity index (χ4n) is 1.97. The minimum absolute atomic E-state index is 0.184. The van der Waals surface area contributed by atoms with Crippen molar-refractivity contribution in [3.63, 3.8) is 0 Å². The number of benzene rings is 2. The van der Waals surface area contributed by atoms with Crippen LogP contribution in [0.25, 0.3) is 0 Å². The maximum Gasteiger partial charge on any atom is 0.255 e. The largest absolute Gasteiger partial charge is 0.352 e. The summed E-state index contributed by atoms with van der Waals surface area (Å²) in [4.78, 5) is 24.3. The Morgan fingerprint density at radius 3 is 2.30 bits per heavy atom. The van der Waals surface area contributed by atoms with Crippen LogP contribution in [0.2, 0.25) is 5.02 Å². The zero-order valence-corrected chi connectivity index (χ0v) is 13.9. The van der Waals surface area contributed by atoms with Crippen LogP contribution in [0, 0.1) is 5.92 Å². The molecule has 2 N–H and O–H groups in total. The highest BCUT2D eigenvalue weighted by molar-refractivity contribution is 6.31. The van der Waals surface area contributed by atoms with Crippen molar-refractivity contribution in [2.24, 2.45) is 5.92 Å². The molecule has 2 rings (SSSR count). The van der Waals surface area contributed by atoms with Gasteiger partial charge in [-0.15, -0.1) is 0 Å². The molecule has 0 saturated heterocycles. The Kier molecular flexibility index (Phi) is 5.77. The molecule has 0 spiro atoms. The van der Waals surface area contributed by atoms with Gasteiger partial charge in [0.15, 0.2) is 0 Å². The zero-order chi connectivity index (χ0) is 16.8. The number of carbonyl (C=O) groups excluding carboxylic acids is 2. The fraction of sp³-hybridized carbons (Fsp3) is 0.222. The summed E-state index contributed by atoms with van der Waals surface area (Å²) in [5.74, 6) is -0.102. The van der Waals surface area contributed by atoms with Crippen molar-refractivity contribution in [3.8, 4) is 0 Å². The zero-order valence-electron chi connectivity index (χ0n) is 13.1. The van der Waals surface area contributed by atoms with E-state index in [0.29, 0.717) is 34.3 Å². The lowest BCUT2D eigenvalue weighted by Crippen LogP contribution is -2.27. The third kappa shape index (κ3) is 5.11. The molecule has 0 heterocycles. The SMILES string of the molecule is CC(C)CNC(=O)c1cccc(C(=O)Nc2cccc(Cl)c2)c1. The number of rotatable bonds is 5. The van der Waals surface area contributed by atoms with Gasteiger partial charge in [0.1, 0.15) is 0 Å². The van der Waals surface area contributed by atoms with Gasteiger partial charge >= 0.3 is 0 Å². The van der Waals surface area contributed by atoms with Crippen LogP contribution in [-0.4, -0.2) is 18.4 Å². The van der Waals surface area contributed by atoms with Crippen molar-refractivity contribution >= 4 is 29.1 Å². The first kappa shape index (κ1) is 17.0. The van der Waals surface area contributed by atoms with Crippen molar-refractivity contribution in [2.75, 3.05) is 11.9 Å². The number of hydrogen-bond acceptors (Lipinski definition) is 2. The number of amides is 2. The molecule has 2 amide bonds. The van der Waals surface area contributed by atoms with Crippen molar-refractivity contribution in [1.82, 2.24) is 5.32 Å². The maximum atomic E-state index is 12.3. The van der Waals surface area contributed by atoms with E-state index in [1.807, 2.05) is 13.8 Å². The summed E-state index contributed by atoms with van der Waals surface area (Å²) in [5, 5.41) is 6.14. The molecule has 0 aliphatic heterocycles. The lowest BCUT2D eigenvalue weighted by Gasteiger charge is -2.09. The van der Waals surface area contributed by atoms with E-state index < -0.39 is 0 Å². The van der Waals surface area contributed by atoms with Gasteiger partial charge in [0, 0.05) is 28.4 Å². The minimum atomic E-state index is -0.286. The van der Waals surface area contributed by atoms with Crippen LogP contribution in [0.1, 0.15) is 34.6 Å². The lowest BCUT2D eigenvalue weighted by molar-refractivity contribution is 0.0949. The smallest absolute Gasteiger partial charge is 0.255 e. The molecule has 5 heteroatoms. The van der Waals surface area contributed by atoms with Gasteiger partial charge in [0.05, 0.1) is 0 Å². The van der Waals surface area contributed by atoms with Crippen LogP contribution in [0.5, 0.6) is 0 Å². The van der Waals surface area contributed by atoms with E-state index in [2.05, 4.69) is 10.6 Å². The summed E-state index contributed by atoms with van der Waals surface area (Å²) in [6.07, 6.45) is 0. The molecule has 2 aromatic rings. The number of hydrogen-bond donors (Lipinski definition) is 2. The molecular formula is C18H19ClN2O2. The molecule has 0 atom stereocenters. The molecule has 0 aromatic heterocycles. The second kappa shape index (κ2) is 7.79. The van der Waals surface area contributed by atoms with E-state index >= 15 is 0 Å². The summed E-state index contributed by atoms with van der Waals surface area (Å²) < 4.78 is 0. The molecular weight excluding hydrogens is 312 g/mol. The first-order valence-corrected chi connectivity index (χ1v) is 7.78. The second-order valence-electron chi connectivity index (χ2n) is 5.65. The van der Waals surface area contributed by atoms with E-state index in [9.17, 15) is 9.59 Å². The normalized spacial score (nSPS) is 10.4. The summed E-state index contributed by atoms with van der Waals surface area (Å²) in [6.45, 7) is 4.64. The van der Waals surface area contributed by atoms with Gasteiger partial charge in [-0.2, -0.15) is 0 Å². The van der Waals surface area contributed by atoms with E-state index in [0.717, 1.165) is 0 Å². The van der Waals surface area contributed by atoms with Gasteiger partial charge in [-0.25, -0.2) is 0 Å². The molecule has 0 radical (unpaired) electrons.